The highest BCUT2D eigenvalue weighted by Crippen LogP contribution is 2.32. The van der Waals surface area contributed by atoms with Gasteiger partial charge in [0.2, 0.25) is 5.91 Å². The lowest BCUT2D eigenvalue weighted by Crippen LogP contribution is -2.28. The number of amides is 1. The Bertz CT molecular complexity index is 431. The quantitative estimate of drug-likeness (QED) is 0.826. The van der Waals surface area contributed by atoms with E-state index in [1.54, 1.807) is 6.92 Å². The van der Waals surface area contributed by atoms with Gasteiger partial charge in [-0.3, -0.25) is 9.69 Å². The van der Waals surface area contributed by atoms with Crippen molar-refractivity contribution < 1.29 is 4.79 Å². The Morgan fingerprint density at radius 2 is 2.32 bits per heavy atom. The Hall–Kier alpha value is -1.35. The standard InChI is InChI=1S/C16H24N2O/c1-13-6-3-7-15(12-13)16-8-4-10-18(16)11-5-9-17-14(2)19/h3,6-7,12,16H,4-5,8-11H2,1-2H3,(H,17,19)/t16-/m0/s1. The van der Waals surface area contributed by atoms with Crippen LogP contribution in [0.25, 0.3) is 0 Å². The maximum absolute atomic E-state index is 10.8. The van der Waals surface area contributed by atoms with Gasteiger partial charge in [0.15, 0.2) is 0 Å². The topological polar surface area (TPSA) is 32.3 Å². The van der Waals surface area contributed by atoms with E-state index in [1.807, 2.05) is 0 Å². The fourth-order valence-electron chi connectivity index (χ4n) is 2.90. The highest BCUT2D eigenvalue weighted by atomic mass is 16.1. The molecular weight excluding hydrogens is 236 g/mol. The molecule has 0 aromatic heterocycles. The zero-order valence-electron chi connectivity index (χ0n) is 12.0. The van der Waals surface area contributed by atoms with Crippen LogP contribution in [0, 0.1) is 6.92 Å². The molecule has 0 spiro atoms. The summed E-state index contributed by atoms with van der Waals surface area (Å²) >= 11 is 0. The zero-order valence-corrected chi connectivity index (χ0v) is 12.0. The number of rotatable bonds is 5. The zero-order chi connectivity index (χ0) is 13.7. The molecule has 0 saturated carbocycles. The summed E-state index contributed by atoms with van der Waals surface area (Å²) in [6.07, 6.45) is 3.56. The van der Waals surface area contributed by atoms with E-state index in [1.165, 1.54) is 30.5 Å². The Morgan fingerprint density at radius 3 is 3.05 bits per heavy atom. The molecule has 1 saturated heterocycles. The van der Waals surface area contributed by atoms with E-state index in [2.05, 4.69) is 41.4 Å². The Balaban J connectivity index is 1.88. The van der Waals surface area contributed by atoms with E-state index >= 15 is 0 Å². The predicted molar refractivity (Wildman–Crippen MR) is 78.0 cm³/mol. The molecule has 1 heterocycles. The monoisotopic (exact) mass is 260 g/mol. The molecule has 104 valence electrons. The highest BCUT2D eigenvalue weighted by molar-refractivity contribution is 5.72. The van der Waals surface area contributed by atoms with Gasteiger partial charge in [-0.05, 0) is 38.3 Å². The fourth-order valence-corrected chi connectivity index (χ4v) is 2.90. The van der Waals surface area contributed by atoms with Crippen molar-refractivity contribution in [1.82, 2.24) is 10.2 Å². The summed E-state index contributed by atoms with van der Waals surface area (Å²) in [5.74, 6) is 0.0663. The summed E-state index contributed by atoms with van der Waals surface area (Å²) in [6, 6.07) is 9.41. The van der Waals surface area contributed by atoms with Gasteiger partial charge in [-0.1, -0.05) is 29.8 Å². The minimum atomic E-state index is 0.0663. The average Bonchev–Trinajstić information content (AvgIpc) is 2.83. The molecule has 1 N–H and O–H groups in total. The first-order valence-corrected chi connectivity index (χ1v) is 7.22. The minimum Gasteiger partial charge on any atom is -0.356 e. The smallest absolute Gasteiger partial charge is 0.216 e. The lowest BCUT2D eigenvalue weighted by atomic mass is 10.0. The Labute approximate surface area is 116 Å². The fraction of sp³-hybridized carbons (Fsp3) is 0.562. The van der Waals surface area contributed by atoms with Crippen molar-refractivity contribution in [2.24, 2.45) is 0 Å². The highest BCUT2D eigenvalue weighted by Gasteiger charge is 2.25. The van der Waals surface area contributed by atoms with Gasteiger partial charge >= 0.3 is 0 Å². The molecule has 19 heavy (non-hydrogen) atoms. The maximum atomic E-state index is 10.8. The summed E-state index contributed by atoms with van der Waals surface area (Å²) in [5.41, 5.74) is 2.78. The second-order valence-corrected chi connectivity index (χ2v) is 5.44. The molecule has 2 rings (SSSR count). The third-order valence-corrected chi connectivity index (χ3v) is 3.79. The summed E-state index contributed by atoms with van der Waals surface area (Å²) in [4.78, 5) is 13.4. The number of carbonyl (C=O) groups is 1. The number of likely N-dealkylation sites (tertiary alicyclic amines) is 1. The van der Waals surface area contributed by atoms with E-state index in [0.29, 0.717) is 6.04 Å². The van der Waals surface area contributed by atoms with Crippen molar-refractivity contribution in [3.63, 3.8) is 0 Å². The van der Waals surface area contributed by atoms with Gasteiger partial charge in [-0.2, -0.15) is 0 Å². The second-order valence-electron chi connectivity index (χ2n) is 5.44. The van der Waals surface area contributed by atoms with Crippen LogP contribution in [0.4, 0.5) is 0 Å². The van der Waals surface area contributed by atoms with Crippen LogP contribution in [0.3, 0.4) is 0 Å². The van der Waals surface area contributed by atoms with Crippen LogP contribution in [-0.4, -0.2) is 30.4 Å². The van der Waals surface area contributed by atoms with E-state index < -0.39 is 0 Å². The summed E-state index contributed by atoms with van der Waals surface area (Å²) < 4.78 is 0. The normalized spacial score (nSPS) is 19.6. The Kier molecular flexibility index (Phi) is 4.97. The first-order chi connectivity index (χ1) is 9.16. The van der Waals surface area contributed by atoms with Crippen molar-refractivity contribution >= 4 is 5.91 Å². The third-order valence-electron chi connectivity index (χ3n) is 3.79. The molecule has 1 aromatic carbocycles. The van der Waals surface area contributed by atoms with Crippen molar-refractivity contribution in [1.29, 1.82) is 0 Å². The van der Waals surface area contributed by atoms with Gasteiger partial charge in [-0.15, -0.1) is 0 Å². The van der Waals surface area contributed by atoms with E-state index in [0.717, 1.165) is 19.5 Å². The molecule has 0 bridgehead atoms. The Morgan fingerprint density at radius 1 is 1.47 bits per heavy atom. The molecule has 1 amide bonds. The average molecular weight is 260 g/mol. The van der Waals surface area contributed by atoms with Gasteiger partial charge < -0.3 is 5.32 Å². The predicted octanol–water partition coefficient (Wildman–Crippen LogP) is 2.66. The summed E-state index contributed by atoms with van der Waals surface area (Å²) in [6.45, 7) is 6.76. The van der Waals surface area contributed by atoms with Gasteiger partial charge in [0, 0.05) is 26.1 Å². The number of nitrogens with one attached hydrogen (secondary N) is 1. The molecular formula is C16H24N2O. The number of benzene rings is 1. The van der Waals surface area contributed by atoms with E-state index in [-0.39, 0.29) is 5.91 Å². The lowest BCUT2D eigenvalue weighted by molar-refractivity contribution is -0.118. The second kappa shape index (κ2) is 6.71. The van der Waals surface area contributed by atoms with Gasteiger partial charge in [0.1, 0.15) is 0 Å². The maximum Gasteiger partial charge on any atom is 0.216 e. The number of hydrogen-bond acceptors (Lipinski definition) is 2. The van der Waals surface area contributed by atoms with Crippen LogP contribution in [-0.2, 0) is 4.79 Å². The SMILES string of the molecule is CC(=O)NCCCN1CCC[C@H]1c1cccc(C)c1. The molecule has 1 aromatic rings. The van der Waals surface area contributed by atoms with Crippen molar-refractivity contribution in [3.05, 3.63) is 35.4 Å². The number of carbonyl (C=O) groups excluding carboxylic acids is 1. The lowest BCUT2D eigenvalue weighted by Gasteiger charge is -2.25. The molecule has 1 fully saturated rings. The van der Waals surface area contributed by atoms with Crippen LogP contribution >= 0.6 is 0 Å². The van der Waals surface area contributed by atoms with E-state index in [4.69, 9.17) is 0 Å². The van der Waals surface area contributed by atoms with Crippen LogP contribution in [0.15, 0.2) is 24.3 Å². The molecule has 0 aliphatic carbocycles. The van der Waals surface area contributed by atoms with Gasteiger partial charge in [0.05, 0.1) is 0 Å². The largest absolute Gasteiger partial charge is 0.356 e. The van der Waals surface area contributed by atoms with Crippen LogP contribution < -0.4 is 5.32 Å². The first kappa shape index (κ1) is 14.1. The first-order valence-electron chi connectivity index (χ1n) is 7.22. The van der Waals surface area contributed by atoms with Crippen molar-refractivity contribution in [2.45, 2.75) is 39.2 Å². The summed E-state index contributed by atoms with van der Waals surface area (Å²) in [7, 11) is 0. The number of nitrogens with zero attached hydrogens (tertiary/aromatic N) is 1. The molecule has 3 heteroatoms. The number of aryl methyl sites for hydroxylation is 1. The molecule has 1 aliphatic heterocycles. The van der Waals surface area contributed by atoms with Crippen LogP contribution in [0.5, 0.6) is 0 Å². The van der Waals surface area contributed by atoms with Crippen molar-refractivity contribution in [2.75, 3.05) is 19.6 Å². The van der Waals surface area contributed by atoms with Crippen LogP contribution in [0.2, 0.25) is 0 Å². The van der Waals surface area contributed by atoms with Crippen LogP contribution in [0.1, 0.15) is 43.4 Å². The van der Waals surface area contributed by atoms with Crippen molar-refractivity contribution in [3.8, 4) is 0 Å². The number of hydrogen-bond donors (Lipinski definition) is 1. The minimum absolute atomic E-state index is 0.0663. The van der Waals surface area contributed by atoms with E-state index in [9.17, 15) is 4.79 Å². The molecule has 0 unspecified atom stereocenters. The summed E-state index contributed by atoms with van der Waals surface area (Å²) in [5, 5.41) is 2.87. The molecule has 1 atom stereocenters. The third kappa shape index (κ3) is 4.06. The molecule has 1 aliphatic rings. The molecule has 0 radical (unpaired) electrons. The molecule has 3 nitrogen and oxygen atoms in total. The van der Waals surface area contributed by atoms with Gasteiger partial charge in [0.25, 0.3) is 0 Å². The van der Waals surface area contributed by atoms with Gasteiger partial charge in [-0.25, -0.2) is 0 Å².